The highest BCUT2D eigenvalue weighted by Crippen LogP contribution is 2.25. The predicted molar refractivity (Wildman–Crippen MR) is 80.3 cm³/mol. The zero-order chi connectivity index (χ0) is 15.2. The van der Waals surface area contributed by atoms with Gasteiger partial charge in [-0.2, -0.15) is 0 Å². The second-order valence-corrected chi connectivity index (χ2v) is 5.20. The van der Waals surface area contributed by atoms with Crippen molar-refractivity contribution in [3.63, 3.8) is 0 Å². The number of hydrogen-bond acceptors (Lipinski definition) is 2. The lowest BCUT2D eigenvalue weighted by Gasteiger charge is -2.19. The first-order valence-electron chi connectivity index (χ1n) is 6.90. The molecular formula is C16H17ClF2N2. The van der Waals surface area contributed by atoms with Crippen molar-refractivity contribution in [2.75, 3.05) is 6.54 Å². The molecule has 0 fully saturated rings. The van der Waals surface area contributed by atoms with Crippen LogP contribution in [0, 0.1) is 11.6 Å². The van der Waals surface area contributed by atoms with Gasteiger partial charge in [-0.05, 0) is 43.1 Å². The topological polar surface area (TPSA) is 24.9 Å². The molecule has 0 aliphatic rings. The summed E-state index contributed by atoms with van der Waals surface area (Å²) in [6.45, 7) is 2.78. The number of nitrogens with one attached hydrogen (secondary N) is 1. The molecule has 2 nitrogen and oxygen atoms in total. The predicted octanol–water partition coefficient (Wildman–Crippen LogP) is 4.30. The van der Waals surface area contributed by atoms with Crippen molar-refractivity contribution in [3.05, 3.63) is 64.4 Å². The molecule has 0 spiro atoms. The van der Waals surface area contributed by atoms with Gasteiger partial charge in [0.2, 0.25) is 0 Å². The summed E-state index contributed by atoms with van der Waals surface area (Å²) in [6, 6.07) is 7.43. The van der Waals surface area contributed by atoms with E-state index in [1.54, 1.807) is 24.4 Å². The minimum absolute atomic E-state index is 0.255. The Bertz CT molecular complexity index is 605. The van der Waals surface area contributed by atoms with E-state index in [0.717, 1.165) is 19.0 Å². The molecule has 2 rings (SSSR count). The summed E-state index contributed by atoms with van der Waals surface area (Å²) >= 11 is 6.16. The molecule has 0 saturated heterocycles. The Morgan fingerprint density at radius 1 is 1.24 bits per heavy atom. The molecule has 0 aliphatic carbocycles. The van der Waals surface area contributed by atoms with E-state index >= 15 is 0 Å². The molecule has 0 radical (unpaired) electrons. The second-order valence-electron chi connectivity index (χ2n) is 4.79. The lowest BCUT2D eigenvalue weighted by molar-refractivity contribution is 0.473. The third kappa shape index (κ3) is 3.99. The van der Waals surface area contributed by atoms with Crippen LogP contribution < -0.4 is 5.32 Å². The number of hydrogen-bond donors (Lipinski definition) is 1. The zero-order valence-corrected chi connectivity index (χ0v) is 12.5. The maximum absolute atomic E-state index is 13.8. The van der Waals surface area contributed by atoms with Crippen molar-refractivity contribution in [2.24, 2.45) is 0 Å². The average Bonchev–Trinajstić information content (AvgIpc) is 2.48. The van der Waals surface area contributed by atoms with Crippen LogP contribution in [0.4, 0.5) is 8.78 Å². The lowest BCUT2D eigenvalue weighted by atomic mass is 10.0. The minimum atomic E-state index is -0.839. The molecule has 112 valence electrons. The highest BCUT2D eigenvalue weighted by molar-refractivity contribution is 6.31. The minimum Gasteiger partial charge on any atom is -0.308 e. The molecule has 0 amide bonds. The van der Waals surface area contributed by atoms with Crippen LogP contribution in [0.15, 0.2) is 36.5 Å². The van der Waals surface area contributed by atoms with Crippen LogP contribution >= 0.6 is 11.6 Å². The van der Waals surface area contributed by atoms with Gasteiger partial charge in [0.15, 0.2) is 11.6 Å². The number of pyridine rings is 1. The van der Waals surface area contributed by atoms with Crippen molar-refractivity contribution in [1.82, 2.24) is 10.3 Å². The van der Waals surface area contributed by atoms with Crippen LogP contribution in [0.3, 0.4) is 0 Å². The van der Waals surface area contributed by atoms with E-state index < -0.39 is 11.6 Å². The number of rotatable bonds is 6. The van der Waals surface area contributed by atoms with Crippen LogP contribution in [-0.2, 0) is 6.42 Å². The molecule has 0 aliphatic heterocycles. The first-order valence-corrected chi connectivity index (χ1v) is 7.28. The summed E-state index contributed by atoms with van der Waals surface area (Å²) in [5.41, 5.74) is 0.960. The van der Waals surface area contributed by atoms with Gasteiger partial charge in [0.05, 0.1) is 16.8 Å². The number of nitrogens with zero attached hydrogens (tertiary/aromatic N) is 1. The maximum Gasteiger partial charge on any atom is 0.162 e. The van der Waals surface area contributed by atoms with Gasteiger partial charge in [-0.3, -0.25) is 4.98 Å². The van der Waals surface area contributed by atoms with Crippen LogP contribution in [0.5, 0.6) is 0 Å². The van der Waals surface area contributed by atoms with Gasteiger partial charge in [-0.1, -0.05) is 30.7 Å². The highest BCUT2D eigenvalue weighted by atomic mass is 35.5. The SMILES string of the molecule is CCCNC(Cc1cccc(F)c1F)c1ncccc1Cl. The van der Waals surface area contributed by atoms with Gasteiger partial charge in [0.1, 0.15) is 0 Å². The molecule has 1 unspecified atom stereocenters. The van der Waals surface area contributed by atoms with Crippen LogP contribution in [0.2, 0.25) is 5.02 Å². The molecule has 21 heavy (non-hydrogen) atoms. The Labute approximate surface area is 128 Å². The molecule has 5 heteroatoms. The molecule has 0 saturated carbocycles. The van der Waals surface area contributed by atoms with E-state index in [-0.39, 0.29) is 6.04 Å². The largest absolute Gasteiger partial charge is 0.308 e. The van der Waals surface area contributed by atoms with Gasteiger partial charge < -0.3 is 5.32 Å². The third-order valence-corrected chi connectivity index (χ3v) is 3.53. The van der Waals surface area contributed by atoms with Crippen LogP contribution in [-0.4, -0.2) is 11.5 Å². The normalized spacial score (nSPS) is 12.4. The molecule has 1 aromatic heterocycles. The quantitative estimate of drug-likeness (QED) is 0.860. The lowest BCUT2D eigenvalue weighted by Crippen LogP contribution is -2.25. The van der Waals surface area contributed by atoms with E-state index in [4.69, 9.17) is 11.6 Å². The van der Waals surface area contributed by atoms with Crippen molar-refractivity contribution in [1.29, 1.82) is 0 Å². The summed E-state index contributed by atoms with van der Waals surface area (Å²) in [4.78, 5) is 4.27. The van der Waals surface area contributed by atoms with E-state index in [1.165, 1.54) is 6.07 Å². The van der Waals surface area contributed by atoms with Crippen LogP contribution in [0.25, 0.3) is 0 Å². The van der Waals surface area contributed by atoms with E-state index in [1.807, 2.05) is 6.92 Å². The standard InChI is InChI=1S/C16H17ClF2N2/c1-2-8-20-14(16-12(17)6-4-9-21-16)10-11-5-3-7-13(18)15(11)19/h3-7,9,14,20H,2,8,10H2,1H3. The summed E-state index contributed by atoms with van der Waals surface area (Å²) in [7, 11) is 0. The summed E-state index contributed by atoms with van der Waals surface area (Å²) < 4.78 is 27.2. The number of halogens is 3. The molecule has 0 bridgehead atoms. The Morgan fingerprint density at radius 3 is 2.76 bits per heavy atom. The monoisotopic (exact) mass is 310 g/mol. The van der Waals surface area contributed by atoms with E-state index in [9.17, 15) is 8.78 Å². The molecule has 1 heterocycles. The number of benzene rings is 1. The molecule has 1 N–H and O–H groups in total. The molecule has 1 aromatic carbocycles. The smallest absolute Gasteiger partial charge is 0.162 e. The van der Waals surface area contributed by atoms with E-state index in [0.29, 0.717) is 22.7 Å². The van der Waals surface area contributed by atoms with Gasteiger partial charge in [-0.15, -0.1) is 0 Å². The second kappa shape index (κ2) is 7.48. The Balaban J connectivity index is 2.28. The van der Waals surface area contributed by atoms with Gasteiger partial charge in [0, 0.05) is 6.20 Å². The average molecular weight is 311 g/mol. The molecule has 2 aromatic rings. The maximum atomic E-state index is 13.8. The molecule has 1 atom stereocenters. The van der Waals surface area contributed by atoms with Crippen molar-refractivity contribution in [2.45, 2.75) is 25.8 Å². The highest BCUT2D eigenvalue weighted by Gasteiger charge is 2.19. The van der Waals surface area contributed by atoms with E-state index in [2.05, 4.69) is 10.3 Å². The van der Waals surface area contributed by atoms with Crippen molar-refractivity contribution in [3.8, 4) is 0 Å². The summed E-state index contributed by atoms with van der Waals surface area (Å²) in [6.07, 6.45) is 2.86. The molecular weight excluding hydrogens is 294 g/mol. The Hall–Kier alpha value is -1.52. The Kier molecular flexibility index (Phi) is 5.65. The number of aromatic nitrogens is 1. The first-order chi connectivity index (χ1) is 10.1. The van der Waals surface area contributed by atoms with Gasteiger partial charge in [-0.25, -0.2) is 8.78 Å². The third-order valence-electron chi connectivity index (χ3n) is 3.21. The fourth-order valence-electron chi connectivity index (χ4n) is 2.16. The fourth-order valence-corrected chi connectivity index (χ4v) is 2.42. The Morgan fingerprint density at radius 2 is 2.05 bits per heavy atom. The fraction of sp³-hybridized carbons (Fsp3) is 0.312. The summed E-state index contributed by atoms with van der Waals surface area (Å²) in [5, 5.41) is 3.80. The van der Waals surface area contributed by atoms with Crippen molar-refractivity contribution < 1.29 is 8.78 Å². The summed E-state index contributed by atoms with van der Waals surface area (Å²) in [5.74, 6) is -1.65. The van der Waals surface area contributed by atoms with Crippen molar-refractivity contribution >= 4 is 11.6 Å². The van der Waals surface area contributed by atoms with Gasteiger partial charge >= 0.3 is 0 Å². The van der Waals surface area contributed by atoms with Gasteiger partial charge in [0.25, 0.3) is 0 Å². The first kappa shape index (κ1) is 15.9. The van der Waals surface area contributed by atoms with Crippen LogP contribution in [0.1, 0.15) is 30.6 Å². The zero-order valence-electron chi connectivity index (χ0n) is 11.7.